The summed E-state index contributed by atoms with van der Waals surface area (Å²) in [6.07, 6.45) is 6.18. The van der Waals surface area contributed by atoms with Gasteiger partial charge in [0.25, 0.3) is 0 Å². The van der Waals surface area contributed by atoms with Crippen LogP contribution < -0.4 is 5.32 Å². The van der Waals surface area contributed by atoms with Gasteiger partial charge in [0, 0.05) is 29.5 Å². The van der Waals surface area contributed by atoms with E-state index in [0.29, 0.717) is 6.04 Å². The Hall–Kier alpha value is -1.13. The van der Waals surface area contributed by atoms with Crippen molar-refractivity contribution in [2.75, 3.05) is 6.54 Å². The highest BCUT2D eigenvalue weighted by atomic mass is 79.9. The molecular formula is C14H16BrN3. The van der Waals surface area contributed by atoms with Gasteiger partial charge in [0.1, 0.15) is 0 Å². The van der Waals surface area contributed by atoms with Crippen molar-refractivity contribution in [1.29, 1.82) is 0 Å². The van der Waals surface area contributed by atoms with E-state index in [1.54, 1.807) is 0 Å². The summed E-state index contributed by atoms with van der Waals surface area (Å²) >= 11 is 3.63. The Morgan fingerprint density at radius 1 is 1.39 bits per heavy atom. The topological polar surface area (TPSA) is 29.9 Å². The van der Waals surface area contributed by atoms with E-state index in [1.165, 1.54) is 22.0 Å². The molecule has 0 radical (unpaired) electrons. The van der Waals surface area contributed by atoms with E-state index in [0.717, 1.165) is 19.5 Å². The van der Waals surface area contributed by atoms with Crippen molar-refractivity contribution in [3.05, 3.63) is 52.3 Å². The lowest BCUT2D eigenvalue weighted by Crippen LogP contribution is -2.24. The summed E-state index contributed by atoms with van der Waals surface area (Å²) in [6, 6.07) is 8.94. The van der Waals surface area contributed by atoms with Crippen molar-refractivity contribution < 1.29 is 0 Å². The second kappa shape index (κ2) is 5.24. The monoisotopic (exact) mass is 305 g/mol. The summed E-state index contributed by atoms with van der Waals surface area (Å²) in [5.74, 6) is 0. The first kappa shape index (κ1) is 11.9. The molecule has 0 fully saturated rings. The van der Waals surface area contributed by atoms with Crippen molar-refractivity contribution in [3.63, 3.8) is 0 Å². The standard InChI is InChI=1S/C14H16BrN3/c15-13-4-1-3-12-11(13)5-6-14(12)16-8-10-18-9-2-7-17-18/h1-4,7,9,14,16H,5-6,8,10H2. The maximum absolute atomic E-state index is 4.21. The highest BCUT2D eigenvalue weighted by Crippen LogP contribution is 2.35. The molecule has 1 aliphatic carbocycles. The van der Waals surface area contributed by atoms with Crippen LogP contribution in [-0.2, 0) is 13.0 Å². The number of nitrogens with zero attached hydrogens (tertiary/aromatic N) is 2. The fourth-order valence-electron chi connectivity index (χ4n) is 2.61. The molecule has 1 heterocycles. The van der Waals surface area contributed by atoms with Gasteiger partial charge in [0.2, 0.25) is 0 Å². The minimum Gasteiger partial charge on any atom is -0.308 e. The maximum atomic E-state index is 4.21. The molecule has 0 amide bonds. The number of hydrogen-bond acceptors (Lipinski definition) is 2. The molecule has 3 nitrogen and oxygen atoms in total. The molecule has 0 spiro atoms. The molecule has 18 heavy (non-hydrogen) atoms. The predicted molar refractivity (Wildman–Crippen MR) is 75.4 cm³/mol. The fourth-order valence-corrected chi connectivity index (χ4v) is 3.19. The van der Waals surface area contributed by atoms with Crippen LogP contribution in [0.3, 0.4) is 0 Å². The third kappa shape index (κ3) is 2.35. The Balaban J connectivity index is 1.61. The van der Waals surface area contributed by atoms with E-state index in [-0.39, 0.29) is 0 Å². The Morgan fingerprint density at radius 3 is 3.17 bits per heavy atom. The summed E-state index contributed by atoms with van der Waals surface area (Å²) in [5.41, 5.74) is 2.92. The number of fused-ring (bicyclic) bond motifs is 1. The van der Waals surface area contributed by atoms with Gasteiger partial charge in [-0.1, -0.05) is 28.1 Å². The van der Waals surface area contributed by atoms with Gasteiger partial charge in [-0.2, -0.15) is 5.10 Å². The summed E-state index contributed by atoms with van der Waals surface area (Å²) in [6.45, 7) is 1.88. The minimum atomic E-state index is 0.494. The lowest BCUT2D eigenvalue weighted by atomic mass is 10.1. The van der Waals surface area contributed by atoms with Crippen LogP contribution in [0.5, 0.6) is 0 Å². The molecule has 1 aromatic heterocycles. The Kier molecular flexibility index (Phi) is 3.48. The van der Waals surface area contributed by atoms with Gasteiger partial charge < -0.3 is 5.32 Å². The quantitative estimate of drug-likeness (QED) is 0.941. The molecule has 1 unspecified atom stereocenters. The smallest absolute Gasteiger partial charge is 0.0534 e. The number of nitrogens with one attached hydrogen (secondary N) is 1. The van der Waals surface area contributed by atoms with Crippen LogP contribution in [0.25, 0.3) is 0 Å². The average molecular weight is 306 g/mol. The Bertz CT molecular complexity index is 522. The summed E-state index contributed by atoms with van der Waals surface area (Å²) in [7, 11) is 0. The van der Waals surface area contributed by atoms with Crippen molar-refractivity contribution >= 4 is 15.9 Å². The fraction of sp³-hybridized carbons (Fsp3) is 0.357. The molecule has 0 aliphatic heterocycles. The zero-order chi connectivity index (χ0) is 12.4. The van der Waals surface area contributed by atoms with Crippen LogP contribution in [0.4, 0.5) is 0 Å². The van der Waals surface area contributed by atoms with Crippen LogP contribution >= 0.6 is 15.9 Å². The zero-order valence-electron chi connectivity index (χ0n) is 10.1. The first-order chi connectivity index (χ1) is 8.84. The van der Waals surface area contributed by atoms with Crippen molar-refractivity contribution in [2.45, 2.75) is 25.4 Å². The average Bonchev–Trinajstić information content (AvgIpc) is 3.00. The molecule has 1 atom stereocenters. The SMILES string of the molecule is Brc1cccc2c1CCC2NCCn1cccn1. The van der Waals surface area contributed by atoms with Crippen LogP contribution in [0.1, 0.15) is 23.6 Å². The van der Waals surface area contributed by atoms with Crippen LogP contribution in [0.2, 0.25) is 0 Å². The molecular weight excluding hydrogens is 290 g/mol. The van der Waals surface area contributed by atoms with Crippen LogP contribution in [0.15, 0.2) is 41.1 Å². The molecule has 2 aromatic rings. The number of aromatic nitrogens is 2. The first-order valence-electron chi connectivity index (χ1n) is 6.32. The van der Waals surface area contributed by atoms with E-state index in [9.17, 15) is 0 Å². The van der Waals surface area contributed by atoms with Gasteiger partial charge in [0.05, 0.1) is 6.54 Å². The third-order valence-electron chi connectivity index (χ3n) is 3.50. The van der Waals surface area contributed by atoms with Crippen molar-refractivity contribution in [2.24, 2.45) is 0 Å². The van der Waals surface area contributed by atoms with Gasteiger partial charge in [-0.15, -0.1) is 0 Å². The number of halogens is 1. The first-order valence-corrected chi connectivity index (χ1v) is 7.12. The molecule has 1 aliphatic rings. The largest absolute Gasteiger partial charge is 0.308 e. The highest BCUT2D eigenvalue weighted by Gasteiger charge is 2.23. The van der Waals surface area contributed by atoms with E-state index < -0.39 is 0 Å². The highest BCUT2D eigenvalue weighted by molar-refractivity contribution is 9.10. The molecule has 1 N–H and O–H groups in total. The minimum absolute atomic E-state index is 0.494. The van der Waals surface area contributed by atoms with Crippen LogP contribution in [0, 0.1) is 0 Å². The second-order valence-electron chi connectivity index (χ2n) is 4.62. The number of benzene rings is 1. The van der Waals surface area contributed by atoms with Gasteiger partial charge in [0.15, 0.2) is 0 Å². The summed E-state index contributed by atoms with van der Waals surface area (Å²) in [5, 5.41) is 7.83. The maximum Gasteiger partial charge on any atom is 0.0534 e. The summed E-state index contributed by atoms with van der Waals surface area (Å²) < 4.78 is 3.21. The summed E-state index contributed by atoms with van der Waals surface area (Å²) in [4.78, 5) is 0. The second-order valence-corrected chi connectivity index (χ2v) is 5.48. The molecule has 94 valence electrons. The number of rotatable bonds is 4. The van der Waals surface area contributed by atoms with E-state index in [2.05, 4.69) is 44.5 Å². The van der Waals surface area contributed by atoms with Gasteiger partial charge in [-0.05, 0) is 36.1 Å². The number of hydrogen-bond donors (Lipinski definition) is 1. The lowest BCUT2D eigenvalue weighted by Gasteiger charge is -2.14. The predicted octanol–water partition coefficient (Wildman–Crippen LogP) is 2.92. The van der Waals surface area contributed by atoms with E-state index in [4.69, 9.17) is 0 Å². The Morgan fingerprint density at radius 2 is 2.33 bits per heavy atom. The van der Waals surface area contributed by atoms with Gasteiger partial charge >= 0.3 is 0 Å². The van der Waals surface area contributed by atoms with E-state index in [1.807, 2.05) is 23.1 Å². The third-order valence-corrected chi connectivity index (χ3v) is 4.25. The van der Waals surface area contributed by atoms with Crippen molar-refractivity contribution in [3.8, 4) is 0 Å². The molecule has 0 saturated carbocycles. The molecule has 4 heteroatoms. The molecule has 3 rings (SSSR count). The van der Waals surface area contributed by atoms with Crippen molar-refractivity contribution in [1.82, 2.24) is 15.1 Å². The molecule has 0 saturated heterocycles. The zero-order valence-corrected chi connectivity index (χ0v) is 11.7. The van der Waals surface area contributed by atoms with E-state index >= 15 is 0 Å². The van der Waals surface area contributed by atoms with Gasteiger partial charge in [-0.25, -0.2) is 0 Å². The molecule has 0 bridgehead atoms. The van der Waals surface area contributed by atoms with Crippen LogP contribution in [-0.4, -0.2) is 16.3 Å². The normalized spacial score (nSPS) is 17.9. The van der Waals surface area contributed by atoms with Gasteiger partial charge in [-0.3, -0.25) is 4.68 Å². The molecule has 1 aromatic carbocycles. The Labute approximate surface area is 115 Å². The lowest BCUT2D eigenvalue weighted by molar-refractivity contribution is 0.484.